The molecule has 2 N–H and O–H groups in total. The number of nitrogens with zero attached hydrogens (tertiary/aromatic N) is 1. The zero-order valence-electron chi connectivity index (χ0n) is 9.56. The van der Waals surface area contributed by atoms with Crippen molar-refractivity contribution >= 4 is 11.8 Å². The molecular formula is C12H18N2OS. The quantitative estimate of drug-likeness (QED) is 0.878. The highest BCUT2D eigenvalue weighted by Gasteiger charge is 2.18. The Morgan fingerprint density at radius 1 is 1.50 bits per heavy atom. The van der Waals surface area contributed by atoms with E-state index >= 15 is 0 Å². The van der Waals surface area contributed by atoms with Crippen LogP contribution in [0, 0.1) is 0 Å². The van der Waals surface area contributed by atoms with Gasteiger partial charge >= 0.3 is 0 Å². The van der Waals surface area contributed by atoms with Gasteiger partial charge < -0.3 is 10.5 Å². The first kappa shape index (κ1) is 11.9. The fourth-order valence-corrected chi connectivity index (χ4v) is 3.06. The SMILES string of the molecule is C[C@@H](N)c1cccnc1SC1CCOCC1. The molecule has 0 bridgehead atoms. The summed E-state index contributed by atoms with van der Waals surface area (Å²) in [5, 5.41) is 1.71. The largest absolute Gasteiger partial charge is 0.381 e. The smallest absolute Gasteiger partial charge is 0.101 e. The molecule has 88 valence electrons. The molecule has 0 aromatic carbocycles. The third-order valence-electron chi connectivity index (χ3n) is 2.74. The molecule has 3 nitrogen and oxygen atoms in total. The number of hydrogen-bond acceptors (Lipinski definition) is 4. The highest BCUT2D eigenvalue weighted by atomic mass is 32.2. The molecule has 1 aromatic rings. The number of thioether (sulfide) groups is 1. The average Bonchev–Trinajstić information content (AvgIpc) is 2.31. The number of pyridine rings is 1. The van der Waals surface area contributed by atoms with Crippen LogP contribution in [-0.4, -0.2) is 23.4 Å². The van der Waals surface area contributed by atoms with E-state index in [0.29, 0.717) is 5.25 Å². The summed E-state index contributed by atoms with van der Waals surface area (Å²) >= 11 is 1.85. The predicted molar refractivity (Wildman–Crippen MR) is 66.5 cm³/mol. The van der Waals surface area contributed by atoms with Crippen molar-refractivity contribution in [2.75, 3.05) is 13.2 Å². The van der Waals surface area contributed by atoms with Crippen LogP contribution in [0.5, 0.6) is 0 Å². The molecule has 0 saturated carbocycles. The van der Waals surface area contributed by atoms with Gasteiger partial charge in [0.2, 0.25) is 0 Å². The summed E-state index contributed by atoms with van der Waals surface area (Å²) in [4.78, 5) is 4.44. The molecule has 1 saturated heterocycles. The van der Waals surface area contributed by atoms with Crippen LogP contribution in [0.15, 0.2) is 23.4 Å². The lowest BCUT2D eigenvalue weighted by molar-refractivity contribution is 0.1000. The lowest BCUT2D eigenvalue weighted by Crippen LogP contribution is -2.18. The molecule has 0 spiro atoms. The molecule has 0 unspecified atom stereocenters. The van der Waals surface area contributed by atoms with Crippen LogP contribution < -0.4 is 5.73 Å². The van der Waals surface area contributed by atoms with Crippen LogP contribution in [0.25, 0.3) is 0 Å². The molecule has 0 aliphatic carbocycles. The van der Waals surface area contributed by atoms with Gasteiger partial charge in [0.05, 0.1) is 0 Å². The van der Waals surface area contributed by atoms with Crippen molar-refractivity contribution in [2.45, 2.75) is 36.1 Å². The highest BCUT2D eigenvalue weighted by molar-refractivity contribution is 7.99. The van der Waals surface area contributed by atoms with Crippen LogP contribution in [0.2, 0.25) is 0 Å². The Morgan fingerprint density at radius 3 is 2.94 bits per heavy atom. The summed E-state index contributed by atoms with van der Waals surface area (Å²) in [6.45, 7) is 3.75. The molecule has 4 heteroatoms. The van der Waals surface area contributed by atoms with E-state index in [9.17, 15) is 0 Å². The Bertz CT molecular complexity index is 338. The summed E-state index contributed by atoms with van der Waals surface area (Å²) < 4.78 is 5.36. The number of rotatable bonds is 3. The fraction of sp³-hybridized carbons (Fsp3) is 0.583. The van der Waals surface area contributed by atoms with Gasteiger partial charge in [-0.3, -0.25) is 0 Å². The van der Waals surface area contributed by atoms with E-state index < -0.39 is 0 Å². The second-order valence-corrected chi connectivity index (χ2v) is 5.41. The first-order chi connectivity index (χ1) is 7.77. The van der Waals surface area contributed by atoms with Crippen molar-refractivity contribution in [3.8, 4) is 0 Å². The molecule has 16 heavy (non-hydrogen) atoms. The van der Waals surface area contributed by atoms with Crippen molar-refractivity contribution in [3.63, 3.8) is 0 Å². The number of ether oxygens (including phenoxy) is 1. The third-order valence-corrected chi connectivity index (χ3v) is 4.11. The van der Waals surface area contributed by atoms with E-state index in [1.807, 2.05) is 30.9 Å². The number of nitrogens with two attached hydrogens (primary N) is 1. The zero-order valence-corrected chi connectivity index (χ0v) is 10.4. The Balaban J connectivity index is 2.07. The van der Waals surface area contributed by atoms with Gasteiger partial charge in [0, 0.05) is 36.3 Å². The predicted octanol–water partition coefficient (Wildman–Crippen LogP) is 2.37. The van der Waals surface area contributed by atoms with Crippen molar-refractivity contribution in [3.05, 3.63) is 23.9 Å². The van der Waals surface area contributed by atoms with Gasteiger partial charge in [0.1, 0.15) is 5.03 Å². The van der Waals surface area contributed by atoms with Gasteiger partial charge in [-0.15, -0.1) is 11.8 Å². The van der Waals surface area contributed by atoms with Crippen LogP contribution >= 0.6 is 11.8 Å². The highest BCUT2D eigenvalue weighted by Crippen LogP contribution is 2.32. The molecule has 1 fully saturated rings. The first-order valence-corrected chi connectivity index (χ1v) is 6.60. The van der Waals surface area contributed by atoms with Gasteiger partial charge in [-0.2, -0.15) is 0 Å². The van der Waals surface area contributed by atoms with Gasteiger partial charge in [-0.1, -0.05) is 6.07 Å². The molecule has 0 amide bonds. The normalized spacial score (nSPS) is 19.6. The minimum atomic E-state index is 0.0519. The van der Waals surface area contributed by atoms with Crippen molar-refractivity contribution < 1.29 is 4.74 Å². The van der Waals surface area contributed by atoms with E-state index in [4.69, 9.17) is 10.5 Å². The van der Waals surface area contributed by atoms with Crippen LogP contribution in [0.3, 0.4) is 0 Å². The van der Waals surface area contributed by atoms with Gasteiger partial charge in [-0.25, -0.2) is 4.98 Å². The van der Waals surface area contributed by atoms with E-state index in [-0.39, 0.29) is 6.04 Å². The van der Waals surface area contributed by atoms with Gasteiger partial charge in [-0.05, 0) is 25.8 Å². The Hall–Kier alpha value is -0.580. The van der Waals surface area contributed by atoms with E-state index in [1.54, 1.807) is 0 Å². The van der Waals surface area contributed by atoms with Gasteiger partial charge in [0.15, 0.2) is 0 Å². The molecule has 0 radical (unpaired) electrons. The summed E-state index contributed by atoms with van der Waals surface area (Å²) in [5.74, 6) is 0. The summed E-state index contributed by atoms with van der Waals surface area (Å²) in [5.41, 5.74) is 7.09. The average molecular weight is 238 g/mol. The fourth-order valence-electron chi connectivity index (χ4n) is 1.80. The number of aromatic nitrogens is 1. The summed E-state index contributed by atoms with van der Waals surface area (Å²) in [7, 11) is 0. The van der Waals surface area contributed by atoms with Gasteiger partial charge in [0.25, 0.3) is 0 Å². The standard InChI is InChI=1S/C12H18N2OS/c1-9(13)11-3-2-6-14-12(11)16-10-4-7-15-8-5-10/h2-3,6,9-10H,4-5,7-8,13H2,1H3/t9-/m1/s1. The maximum Gasteiger partial charge on any atom is 0.101 e. The first-order valence-electron chi connectivity index (χ1n) is 5.72. The zero-order chi connectivity index (χ0) is 11.4. The molecular weight excluding hydrogens is 220 g/mol. The Labute approximate surface area is 101 Å². The summed E-state index contributed by atoms with van der Waals surface area (Å²) in [6.07, 6.45) is 4.06. The Kier molecular flexibility index (Phi) is 4.21. The molecule has 1 atom stereocenters. The monoisotopic (exact) mass is 238 g/mol. The van der Waals surface area contributed by atoms with E-state index in [2.05, 4.69) is 11.1 Å². The Morgan fingerprint density at radius 2 is 2.25 bits per heavy atom. The molecule has 1 aliphatic heterocycles. The third kappa shape index (κ3) is 2.97. The van der Waals surface area contributed by atoms with E-state index in [0.717, 1.165) is 36.6 Å². The second kappa shape index (κ2) is 5.66. The minimum Gasteiger partial charge on any atom is -0.381 e. The van der Waals surface area contributed by atoms with E-state index in [1.165, 1.54) is 0 Å². The van der Waals surface area contributed by atoms with Crippen molar-refractivity contribution in [2.24, 2.45) is 5.73 Å². The minimum absolute atomic E-state index is 0.0519. The van der Waals surface area contributed by atoms with Crippen LogP contribution in [0.4, 0.5) is 0 Å². The maximum atomic E-state index is 5.94. The van der Waals surface area contributed by atoms with Crippen LogP contribution in [-0.2, 0) is 4.74 Å². The van der Waals surface area contributed by atoms with Crippen molar-refractivity contribution in [1.29, 1.82) is 0 Å². The molecule has 2 heterocycles. The molecule has 1 aromatic heterocycles. The van der Waals surface area contributed by atoms with Crippen molar-refractivity contribution in [1.82, 2.24) is 4.98 Å². The summed E-state index contributed by atoms with van der Waals surface area (Å²) in [6, 6.07) is 4.07. The lowest BCUT2D eigenvalue weighted by Gasteiger charge is -2.22. The maximum absolute atomic E-state index is 5.94. The molecule has 1 aliphatic rings. The second-order valence-electron chi connectivity index (χ2n) is 4.12. The number of hydrogen-bond donors (Lipinski definition) is 1. The van der Waals surface area contributed by atoms with Crippen LogP contribution in [0.1, 0.15) is 31.4 Å². The topological polar surface area (TPSA) is 48.1 Å². The lowest BCUT2D eigenvalue weighted by atomic mass is 10.2. The molecule has 2 rings (SSSR count).